The Morgan fingerprint density at radius 3 is 2.24 bits per heavy atom. The highest BCUT2D eigenvalue weighted by atomic mass is 16.5. The summed E-state index contributed by atoms with van der Waals surface area (Å²) >= 11 is 0. The van der Waals surface area contributed by atoms with Gasteiger partial charge in [-0.25, -0.2) is 0 Å². The average molecular weight is 280 g/mol. The first-order valence-corrected chi connectivity index (χ1v) is 6.54. The number of hydrogen-bond acceptors (Lipinski definition) is 3. The number of benzene rings is 2. The van der Waals surface area contributed by atoms with Crippen molar-refractivity contribution in [3.05, 3.63) is 65.7 Å². The number of nitriles is 1. The van der Waals surface area contributed by atoms with Crippen molar-refractivity contribution in [2.24, 2.45) is 0 Å². The summed E-state index contributed by atoms with van der Waals surface area (Å²) in [4.78, 5) is 13.8. The molecule has 0 fully saturated rings. The fourth-order valence-electron chi connectivity index (χ4n) is 1.87. The van der Waals surface area contributed by atoms with Crippen LogP contribution >= 0.6 is 0 Å². The third kappa shape index (κ3) is 3.61. The number of likely N-dealkylation sites (N-methyl/N-ethyl adjacent to an activating group) is 1. The summed E-state index contributed by atoms with van der Waals surface area (Å²) < 4.78 is 5.82. The Morgan fingerprint density at radius 2 is 1.71 bits per heavy atom. The highest BCUT2D eigenvalue weighted by molar-refractivity contribution is 5.82. The number of nitrogens with zero attached hydrogens (tertiary/aromatic N) is 2. The molecule has 106 valence electrons. The van der Waals surface area contributed by atoms with Crippen LogP contribution in [0, 0.1) is 11.3 Å². The van der Waals surface area contributed by atoms with Crippen LogP contribution in [0.3, 0.4) is 0 Å². The number of rotatable bonds is 4. The lowest BCUT2D eigenvalue weighted by molar-refractivity contribution is -0.136. The molecular formula is C17H16N2O2. The molecule has 0 bridgehead atoms. The van der Waals surface area contributed by atoms with Gasteiger partial charge in [-0.05, 0) is 24.3 Å². The highest BCUT2D eigenvalue weighted by Crippen LogP contribution is 2.23. The third-order valence-corrected chi connectivity index (χ3v) is 3.00. The normalized spacial score (nSPS) is 11.3. The van der Waals surface area contributed by atoms with E-state index in [0.717, 1.165) is 5.56 Å². The van der Waals surface area contributed by atoms with Gasteiger partial charge in [0.25, 0.3) is 5.91 Å². The Balaban J connectivity index is 2.28. The van der Waals surface area contributed by atoms with Crippen molar-refractivity contribution in [1.29, 1.82) is 5.26 Å². The van der Waals surface area contributed by atoms with Crippen molar-refractivity contribution < 1.29 is 9.53 Å². The number of carbonyl (C=O) groups is 1. The van der Waals surface area contributed by atoms with Gasteiger partial charge in [0.1, 0.15) is 5.75 Å². The molecule has 0 saturated heterocycles. The highest BCUT2D eigenvalue weighted by Gasteiger charge is 2.24. The molecule has 0 radical (unpaired) electrons. The van der Waals surface area contributed by atoms with Gasteiger partial charge in [-0.2, -0.15) is 5.26 Å². The van der Waals surface area contributed by atoms with Gasteiger partial charge in [0, 0.05) is 19.7 Å². The third-order valence-electron chi connectivity index (χ3n) is 3.00. The summed E-state index contributed by atoms with van der Waals surface area (Å²) in [6.45, 7) is 0. The van der Waals surface area contributed by atoms with Gasteiger partial charge in [0.05, 0.1) is 11.6 Å². The van der Waals surface area contributed by atoms with E-state index in [2.05, 4.69) is 0 Å². The second-order valence-corrected chi connectivity index (χ2v) is 4.78. The molecule has 0 aliphatic carbocycles. The van der Waals surface area contributed by atoms with Gasteiger partial charge >= 0.3 is 0 Å². The van der Waals surface area contributed by atoms with Crippen molar-refractivity contribution in [3.8, 4) is 11.8 Å². The molecule has 0 aliphatic heterocycles. The van der Waals surface area contributed by atoms with E-state index in [4.69, 9.17) is 10.00 Å². The average Bonchev–Trinajstić information content (AvgIpc) is 2.53. The van der Waals surface area contributed by atoms with E-state index < -0.39 is 6.10 Å². The van der Waals surface area contributed by atoms with Crippen molar-refractivity contribution in [3.63, 3.8) is 0 Å². The summed E-state index contributed by atoms with van der Waals surface area (Å²) in [6, 6.07) is 18.1. The van der Waals surface area contributed by atoms with E-state index in [-0.39, 0.29) is 5.91 Å². The lowest BCUT2D eigenvalue weighted by Gasteiger charge is -2.22. The maximum Gasteiger partial charge on any atom is 0.267 e. The standard InChI is InChI=1S/C17H16N2O2/c1-19(2)17(20)16(14-6-4-3-5-7-14)21-15-10-8-13(12-18)9-11-15/h3-11,16H,1-2H3/t16-/m1/s1. The van der Waals surface area contributed by atoms with Crippen molar-refractivity contribution in [2.75, 3.05) is 14.1 Å². The molecule has 0 heterocycles. The summed E-state index contributed by atoms with van der Waals surface area (Å²) in [5.74, 6) is 0.420. The Kier molecular flexibility index (Phi) is 4.57. The molecule has 0 aromatic heterocycles. The second kappa shape index (κ2) is 6.58. The largest absolute Gasteiger partial charge is 0.476 e. The van der Waals surface area contributed by atoms with Crippen LogP contribution in [0.15, 0.2) is 54.6 Å². The lowest BCUT2D eigenvalue weighted by atomic mass is 10.1. The quantitative estimate of drug-likeness (QED) is 0.865. The molecule has 1 atom stereocenters. The minimum absolute atomic E-state index is 0.134. The fourth-order valence-corrected chi connectivity index (χ4v) is 1.87. The van der Waals surface area contributed by atoms with Crippen LogP contribution in [-0.4, -0.2) is 24.9 Å². The van der Waals surface area contributed by atoms with Crippen LogP contribution in [0.5, 0.6) is 5.75 Å². The Morgan fingerprint density at radius 1 is 1.10 bits per heavy atom. The molecule has 1 amide bonds. The van der Waals surface area contributed by atoms with Crippen LogP contribution in [0.1, 0.15) is 17.2 Å². The molecule has 2 aromatic carbocycles. The Labute approximate surface area is 124 Å². The van der Waals surface area contributed by atoms with Crippen LogP contribution < -0.4 is 4.74 Å². The van der Waals surface area contributed by atoms with Crippen molar-refractivity contribution >= 4 is 5.91 Å². The van der Waals surface area contributed by atoms with E-state index in [1.54, 1.807) is 38.4 Å². The smallest absolute Gasteiger partial charge is 0.267 e. The molecule has 21 heavy (non-hydrogen) atoms. The van der Waals surface area contributed by atoms with Gasteiger partial charge in [0.2, 0.25) is 6.10 Å². The zero-order chi connectivity index (χ0) is 15.2. The monoisotopic (exact) mass is 280 g/mol. The van der Waals surface area contributed by atoms with E-state index in [1.165, 1.54) is 4.90 Å². The molecule has 0 saturated carbocycles. The molecule has 2 aromatic rings. The topological polar surface area (TPSA) is 53.3 Å². The maximum atomic E-state index is 12.3. The van der Waals surface area contributed by atoms with E-state index in [1.807, 2.05) is 36.4 Å². The molecule has 0 unspecified atom stereocenters. The number of carbonyl (C=O) groups excluding carboxylic acids is 1. The van der Waals surface area contributed by atoms with E-state index >= 15 is 0 Å². The number of hydrogen-bond donors (Lipinski definition) is 0. The summed E-state index contributed by atoms with van der Waals surface area (Å²) in [5.41, 5.74) is 1.35. The Hall–Kier alpha value is -2.80. The Bertz CT molecular complexity index is 643. The SMILES string of the molecule is CN(C)C(=O)[C@H](Oc1ccc(C#N)cc1)c1ccccc1. The van der Waals surface area contributed by atoms with Crippen LogP contribution in [0.25, 0.3) is 0 Å². The molecule has 0 aliphatic rings. The van der Waals surface area contributed by atoms with Crippen molar-refractivity contribution in [1.82, 2.24) is 4.90 Å². The molecule has 0 N–H and O–H groups in total. The van der Waals surface area contributed by atoms with Gasteiger partial charge in [-0.3, -0.25) is 4.79 Å². The predicted molar refractivity (Wildman–Crippen MR) is 79.7 cm³/mol. The zero-order valence-corrected chi connectivity index (χ0v) is 12.0. The molecule has 4 nitrogen and oxygen atoms in total. The number of ether oxygens (including phenoxy) is 1. The predicted octanol–water partition coefficient (Wildman–Crippen LogP) is 2.77. The van der Waals surface area contributed by atoms with Gasteiger partial charge in [0.15, 0.2) is 0 Å². The second-order valence-electron chi connectivity index (χ2n) is 4.78. The van der Waals surface area contributed by atoms with Crippen LogP contribution in [0.2, 0.25) is 0 Å². The first-order chi connectivity index (χ1) is 10.1. The zero-order valence-electron chi connectivity index (χ0n) is 12.0. The van der Waals surface area contributed by atoms with Crippen LogP contribution in [0.4, 0.5) is 0 Å². The van der Waals surface area contributed by atoms with Gasteiger partial charge in [-0.1, -0.05) is 30.3 Å². The molecule has 0 spiro atoms. The summed E-state index contributed by atoms with van der Waals surface area (Å²) in [7, 11) is 3.39. The summed E-state index contributed by atoms with van der Waals surface area (Å²) in [6.07, 6.45) is -0.700. The van der Waals surface area contributed by atoms with Crippen LogP contribution in [-0.2, 0) is 4.79 Å². The molecule has 2 rings (SSSR count). The number of amides is 1. The van der Waals surface area contributed by atoms with E-state index in [0.29, 0.717) is 11.3 Å². The van der Waals surface area contributed by atoms with E-state index in [9.17, 15) is 4.79 Å². The minimum Gasteiger partial charge on any atom is -0.476 e. The van der Waals surface area contributed by atoms with Crippen molar-refractivity contribution in [2.45, 2.75) is 6.10 Å². The van der Waals surface area contributed by atoms with Gasteiger partial charge in [-0.15, -0.1) is 0 Å². The minimum atomic E-state index is -0.700. The lowest BCUT2D eigenvalue weighted by Crippen LogP contribution is -2.31. The first kappa shape index (κ1) is 14.6. The van der Waals surface area contributed by atoms with Gasteiger partial charge < -0.3 is 9.64 Å². The maximum absolute atomic E-state index is 12.3. The molecule has 4 heteroatoms. The fraction of sp³-hybridized carbons (Fsp3) is 0.176. The molecular weight excluding hydrogens is 264 g/mol. The summed E-state index contributed by atoms with van der Waals surface area (Å²) in [5, 5.41) is 8.80. The first-order valence-electron chi connectivity index (χ1n) is 6.54.